The minimum atomic E-state index is -1.06. The van der Waals surface area contributed by atoms with Crippen molar-refractivity contribution in [1.29, 1.82) is 0 Å². The van der Waals surface area contributed by atoms with Gasteiger partial charge in [0.25, 0.3) is 0 Å². The van der Waals surface area contributed by atoms with Gasteiger partial charge in [0, 0.05) is 23.7 Å². The monoisotopic (exact) mass is 324 g/mol. The number of likely N-dealkylation sites (tertiary alicyclic amines) is 1. The standard InChI is InChI=1S/C16H21ClN2O3/c1-16(2,3)19(15(21)22)13-8-9-18(14(13)20)10-11-6-4-5-7-12(11)17/h4-7,13H,8-10H2,1-3H3,(H,21,22)/t13-/m0/s1. The molecule has 0 bridgehead atoms. The highest BCUT2D eigenvalue weighted by Crippen LogP contribution is 2.27. The van der Waals surface area contributed by atoms with E-state index < -0.39 is 17.7 Å². The number of nitrogens with zero attached hydrogens (tertiary/aromatic N) is 2. The molecule has 2 amide bonds. The minimum Gasteiger partial charge on any atom is -0.465 e. The number of carbonyl (C=O) groups excluding carboxylic acids is 1. The van der Waals surface area contributed by atoms with Gasteiger partial charge in [-0.25, -0.2) is 4.79 Å². The van der Waals surface area contributed by atoms with Crippen molar-refractivity contribution in [1.82, 2.24) is 9.80 Å². The zero-order chi connectivity index (χ0) is 16.5. The van der Waals surface area contributed by atoms with E-state index in [2.05, 4.69) is 0 Å². The Labute approximate surface area is 135 Å². The first-order valence-corrected chi connectivity index (χ1v) is 7.64. The first kappa shape index (κ1) is 16.6. The third kappa shape index (κ3) is 3.35. The lowest BCUT2D eigenvalue weighted by Crippen LogP contribution is -2.53. The molecule has 1 aliphatic rings. The summed E-state index contributed by atoms with van der Waals surface area (Å²) in [7, 11) is 0. The van der Waals surface area contributed by atoms with E-state index in [1.165, 1.54) is 4.90 Å². The Morgan fingerprint density at radius 1 is 1.41 bits per heavy atom. The molecule has 1 aliphatic heterocycles. The SMILES string of the molecule is CC(C)(C)N(C(=O)O)[C@H]1CCN(Cc2ccccc2Cl)C1=O. The lowest BCUT2D eigenvalue weighted by atomic mass is 10.0. The summed E-state index contributed by atoms with van der Waals surface area (Å²) in [5.74, 6) is -0.155. The summed E-state index contributed by atoms with van der Waals surface area (Å²) in [4.78, 5) is 27.0. The number of carbonyl (C=O) groups is 2. The van der Waals surface area contributed by atoms with Crippen LogP contribution in [0.3, 0.4) is 0 Å². The van der Waals surface area contributed by atoms with Crippen LogP contribution in [0.15, 0.2) is 24.3 Å². The van der Waals surface area contributed by atoms with E-state index in [0.29, 0.717) is 24.5 Å². The van der Waals surface area contributed by atoms with Crippen LogP contribution in [0.5, 0.6) is 0 Å². The van der Waals surface area contributed by atoms with Crippen LogP contribution in [-0.2, 0) is 11.3 Å². The Balaban J connectivity index is 2.16. The molecule has 0 unspecified atom stereocenters. The summed E-state index contributed by atoms with van der Waals surface area (Å²) in [6.07, 6.45) is -0.558. The summed E-state index contributed by atoms with van der Waals surface area (Å²) in [5, 5.41) is 10.1. The fraction of sp³-hybridized carbons (Fsp3) is 0.500. The maximum Gasteiger partial charge on any atom is 0.408 e. The van der Waals surface area contributed by atoms with Crippen LogP contribution in [0.4, 0.5) is 4.79 Å². The topological polar surface area (TPSA) is 60.9 Å². The molecular weight excluding hydrogens is 304 g/mol. The molecule has 1 fully saturated rings. The zero-order valence-electron chi connectivity index (χ0n) is 13.0. The van der Waals surface area contributed by atoms with Crippen molar-refractivity contribution in [2.75, 3.05) is 6.54 Å². The fourth-order valence-corrected chi connectivity index (χ4v) is 3.03. The average molecular weight is 325 g/mol. The molecule has 120 valence electrons. The van der Waals surface area contributed by atoms with Gasteiger partial charge in [0.2, 0.25) is 5.91 Å². The second kappa shape index (κ2) is 6.16. The third-order valence-corrected chi connectivity index (χ3v) is 4.20. The Morgan fingerprint density at radius 2 is 2.05 bits per heavy atom. The average Bonchev–Trinajstić information content (AvgIpc) is 2.73. The molecular formula is C16H21ClN2O3. The van der Waals surface area contributed by atoms with Gasteiger partial charge in [-0.05, 0) is 38.8 Å². The molecule has 0 spiro atoms. The Hall–Kier alpha value is -1.75. The lowest BCUT2D eigenvalue weighted by Gasteiger charge is -2.36. The second-order valence-electron chi connectivity index (χ2n) is 6.48. The number of rotatable bonds is 3. The van der Waals surface area contributed by atoms with Gasteiger partial charge in [-0.3, -0.25) is 9.69 Å². The van der Waals surface area contributed by atoms with Gasteiger partial charge in [0.1, 0.15) is 6.04 Å². The molecule has 1 saturated heterocycles. The summed E-state index contributed by atoms with van der Waals surface area (Å²) >= 11 is 6.13. The van der Waals surface area contributed by atoms with Gasteiger partial charge in [-0.2, -0.15) is 0 Å². The Bertz CT molecular complexity index is 583. The molecule has 1 heterocycles. The van der Waals surface area contributed by atoms with Crippen molar-refractivity contribution in [2.45, 2.75) is 45.3 Å². The van der Waals surface area contributed by atoms with Crippen LogP contribution in [0.25, 0.3) is 0 Å². The maximum atomic E-state index is 12.6. The van der Waals surface area contributed by atoms with E-state index in [-0.39, 0.29) is 5.91 Å². The van der Waals surface area contributed by atoms with E-state index in [4.69, 9.17) is 11.6 Å². The van der Waals surface area contributed by atoms with Crippen molar-refractivity contribution in [2.24, 2.45) is 0 Å². The van der Waals surface area contributed by atoms with Crippen LogP contribution in [-0.4, -0.2) is 45.0 Å². The van der Waals surface area contributed by atoms with Gasteiger partial charge in [0.05, 0.1) is 0 Å². The molecule has 0 saturated carbocycles. The van der Waals surface area contributed by atoms with E-state index in [9.17, 15) is 14.7 Å². The number of hydrogen-bond donors (Lipinski definition) is 1. The normalized spacial score (nSPS) is 18.6. The molecule has 0 aliphatic carbocycles. The number of hydrogen-bond acceptors (Lipinski definition) is 2. The smallest absolute Gasteiger partial charge is 0.408 e. The van der Waals surface area contributed by atoms with Gasteiger partial charge in [-0.1, -0.05) is 29.8 Å². The lowest BCUT2D eigenvalue weighted by molar-refractivity contribution is -0.133. The fourth-order valence-electron chi connectivity index (χ4n) is 2.84. The molecule has 1 N–H and O–H groups in total. The minimum absolute atomic E-state index is 0.155. The molecule has 1 aromatic carbocycles. The molecule has 5 nitrogen and oxygen atoms in total. The van der Waals surface area contributed by atoms with Crippen molar-refractivity contribution in [3.63, 3.8) is 0 Å². The van der Waals surface area contributed by atoms with Crippen LogP contribution in [0, 0.1) is 0 Å². The highest BCUT2D eigenvalue weighted by atomic mass is 35.5. The van der Waals surface area contributed by atoms with Crippen LogP contribution < -0.4 is 0 Å². The van der Waals surface area contributed by atoms with Crippen LogP contribution in [0.2, 0.25) is 5.02 Å². The molecule has 6 heteroatoms. The number of amides is 2. The predicted molar refractivity (Wildman–Crippen MR) is 84.9 cm³/mol. The van der Waals surface area contributed by atoms with Crippen molar-refractivity contribution < 1.29 is 14.7 Å². The third-order valence-electron chi connectivity index (χ3n) is 3.83. The van der Waals surface area contributed by atoms with Gasteiger partial charge < -0.3 is 10.0 Å². The first-order valence-electron chi connectivity index (χ1n) is 7.26. The molecule has 0 aromatic heterocycles. The summed E-state index contributed by atoms with van der Waals surface area (Å²) < 4.78 is 0. The van der Waals surface area contributed by atoms with Gasteiger partial charge >= 0.3 is 6.09 Å². The highest BCUT2D eigenvalue weighted by molar-refractivity contribution is 6.31. The first-order chi connectivity index (χ1) is 10.2. The molecule has 2 rings (SSSR count). The van der Waals surface area contributed by atoms with Crippen molar-refractivity contribution in [3.8, 4) is 0 Å². The summed E-state index contributed by atoms with van der Waals surface area (Å²) in [5.41, 5.74) is 0.253. The van der Waals surface area contributed by atoms with Gasteiger partial charge in [-0.15, -0.1) is 0 Å². The van der Waals surface area contributed by atoms with E-state index >= 15 is 0 Å². The van der Waals surface area contributed by atoms with E-state index in [1.54, 1.807) is 31.7 Å². The molecule has 1 aromatic rings. The van der Waals surface area contributed by atoms with Crippen molar-refractivity contribution >= 4 is 23.6 Å². The Morgan fingerprint density at radius 3 is 2.59 bits per heavy atom. The maximum absolute atomic E-state index is 12.6. The number of halogens is 1. The van der Waals surface area contributed by atoms with Gasteiger partial charge in [0.15, 0.2) is 0 Å². The summed E-state index contributed by atoms with van der Waals surface area (Å²) in [6, 6.07) is 6.75. The molecule has 0 radical (unpaired) electrons. The summed E-state index contributed by atoms with van der Waals surface area (Å²) in [6.45, 7) is 6.34. The quantitative estimate of drug-likeness (QED) is 0.928. The largest absolute Gasteiger partial charge is 0.465 e. The highest BCUT2D eigenvalue weighted by Gasteiger charge is 2.42. The number of carboxylic acid groups (broad SMARTS) is 1. The zero-order valence-corrected chi connectivity index (χ0v) is 13.8. The molecule has 1 atom stereocenters. The molecule has 22 heavy (non-hydrogen) atoms. The predicted octanol–water partition coefficient (Wildman–Crippen LogP) is 3.22. The van der Waals surface area contributed by atoms with E-state index in [1.807, 2.05) is 18.2 Å². The number of benzene rings is 1. The van der Waals surface area contributed by atoms with E-state index in [0.717, 1.165) is 5.56 Å². The Kier molecular flexibility index (Phi) is 4.66. The second-order valence-corrected chi connectivity index (χ2v) is 6.89. The van der Waals surface area contributed by atoms with Crippen molar-refractivity contribution in [3.05, 3.63) is 34.9 Å². The van der Waals surface area contributed by atoms with Crippen LogP contribution in [0.1, 0.15) is 32.8 Å². The van der Waals surface area contributed by atoms with Crippen LogP contribution >= 0.6 is 11.6 Å².